The summed E-state index contributed by atoms with van der Waals surface area (Å²) < 4.78 is 7.77. The highest BCUT2D eigenvalue weighted by Gasteiger charge is 2.50. The molecule has 1 atom stereocenters. The zero-order chi connectivity index (χ0) is 25.5. The fourth-order valence-corrected chi connectivity index (χ4v) is 5.99. The summed E-state index contributed by atoms with van der Waals surface area (Å²) in [5.74, 6) is 0.0193. The van der Waals surface area contributed by atoms with E-state index in [1.165, 1.54) is 5.57 Å². The van der Waals surface area contributed by atoms with Gasteiger partial charge in [-0.2, -0.15) is 0 Å². The highest BCUT2D eigenvalue weighted by atomic mass is 28.3. The quantitative estimate of drug-likeness (QED) is 0.249. The van der Waals surface area contributed by atoms with Gasteiger partial charge in [0.05, 0.1) is 0 Å². The molecule has 1 aliphatic heterocycles. The first-order valence-electron chi connectivity index (χ1n) is 13.6. The lowest BCUT2D eigenvalue weighted by Crippen LogP contribution is -2.55. The van der Waals surface area contributed by atoms with E-state index in [4.69, 9.17) is 4.74 Å². The van der Waals surface area contributed by atoms with Crippen LogP contribution in [0.25, 0.3) is 0 Å². The van der Waals surface area contributed by atoms with Crippen molar-refractivity contribution in [1.82, 2.24) is 19.8 Å². The Morgan fingerprint density at radius 2 is 1.91 bits per heavy atom. The summed E-state index contributed by atoms with van der Waals surface area (Å²) in [6.07, 6.45) is 12.4. The average molecular weight is 505 g/mol. The van der Waals surface area contributed by atoms with Gasteiger partial charge < -0.3 is 24.6 Å². The maximum absolute atomic E-state index is 13.7. The number of hydrogen-bond acceptors (Lipinski definition) is 5. The van der Waals surface area contributed by atoms with Crippen LogP contribution >= 0.6 is 0 Å². The predicted octanol–water partition coefficient (Wildman–Crippen LogP) is 4.51. The molecule has 0 spiro atoms. The van der Waals surface area contributed by atoms with Crippen molar-refractivity contribution in [3.8, 4) is 0 Å². The maximum Gasteiger partial charge on any atom is 0.260 e. The second-order valence-electron chi connectivity index (χ2n) is 12.0. The van der Waals surface area contributed by atoms with Gasteiger partial charge in [-0.3, -0.25) is 4.79 Å². The number of piperidine rings is 1. The van der Waals surface area contributed by atoms with E-state index in [-0.39, 0.29) is 17.9 Å². The molecule has 3 rings (SSSR count). The van der Waals surface area contributed by atoms with E-state index in [9.17, 15) is 9.90 Å². The van der Waals surface area contributed by atoms with Crippen LogP contribution in [0.4, 0.5) is 0 Å². The molecule has 35 heavy (non-hydrogen) atoms. The van der Waals surface area contributed by atoms with Gasteiger partial charge in [-0.15, -0.1) is 0 Å². The molecule has 1 aromatic heterocycles. The molecule has 0 bridgehead atoms. The van der Waals surface area contributed by atoms with Crippen molar-refractivity contribution in [1.29, 1.82) is 0 Å². The Bertz CT molecular complexity index is 832. The fourth-order valence-electron chi connectivity index (χ4n) is 5.24. The van der Waals surface area contributed by atoms with Gasteiger partial charge >= 0.3 is 0 Å². The van der Waals surface area contributed by atoms with Crippen LogP contribution in [0, 0.1) is 5.92 Å². The first-order chi connectivity index (χ1) is 16.6. The van der Waals surface area contributed by atoms with E-state index in [2.05, 4.69) is 54.8 Å². The second-order valence-corrected chi connectivity index (χ2v) is 17.6. The average Bonchev–Trinajstić information content (AvgIpc) is 3.49. The van der Waals surface area contributed by atoms with Crippen LogP contribution in [0.1, 0.15) is 64.6 Å². The molecular weight excluding hydrogens is 456 g/mol. The SMILES string of the molecule is CC(C)=CCCN1CCC(NC(=O)C(O)(c2nccn2COCC[Si](C)(C)C)C2CCCC2)CC1. The predicted molar refractivity (Wildman–Crippen MR) is 144 cm³/mol. The lowest BCUT2D eigenvalue weighted by molar-refractivity contribution is -0.150. The topological polar surface area (TPSA) is 79.6 Å². The van der Waals surface area contributed by atoms with Gasteiger partial charge in [0, 0.05) is 58.7 Å². The van der Waals surface area contributed by atoms with Crippen LogP contribution in [-0.4, -0.2) is 65.8 Å². The minimum atomic E-state index is -1.62. The lowest BCUT2D eigenvalue weighted by atomic mass is 9.83. The number of amides is 1. The summed E-state index contributed by atoms with van der Waals surface area (Å²) in [5, 5.41) is 15.2. The summed E-state index contributed by atoms with van der Waals surface area (Å²) in [4.78, 5) is 20.7. The van der Waals surface area contributed by atoms with E-state index in [0.29, 0.717) is 19.2 Å². The van der Waals surface area contributed by atoms with Crippen LogP contribution in [-0.2, 0) is 21.9 Å². The first kappa shape index (κ1) is 28.1. The van der Waals surface area contributed by atoms with Gasteiger partial charge in [0.25, 0.3) is 5.91 Å². The number of allylic oxidation sites excluding steroid dienone is 1. The van der Waals surface area contributed by atoms with E-state index in [1.54, 1.807) is 6.20 Å². The summed E-state index contributed by atoms with van der Waals surface area (Å²) in [7, 11) is -1.18. The molecule has 1 aromatic rings. The van der Waals surface area contributed by atoms with Crippen LogP contribution < -0.4 is 5.32 Å². The number of nitrogens with one attached hydrogen (secondary N) is 1. The molecule has 1 saturated heterocycles. The summed E-state index contributed by atoms with van der Waals surface area (Å²) in [6.45, 7) is 15.3. The van der Waals surface area contributed by atoms with Crippen LogP contribution in [0.15, 0.2) is 24.0 Å². The number of aromatic nitrogens is 2. The number of aliphatic hydroxyl groups is 1. The number of likely N-dealkylation sites (tertiary alicyclic amines) is 1. The van der Waals surface area contributed by atoms with Crippen molar-refractivity contribution in [2.24, 2.45) is 5.92 Å². The molecule has 2 N–H and O–H groups in total. The van der Waals surface area contributed by atoms with E-state index in [0.717, 1.165) is 70.6 Å². The smallest absolute Gasteiger partial charge is 0.260 e. The van der Waals surface area contributed by atoms with E-state index >= 15 is 0 Å². The number of nitrogens with zero attached hydrogens (tertiary/aromatic N) is 3. The van der Waals surface area contributed by atoms with Gasteiger partial charge in [-0.05, 0) is 52.0 Å². The molecule has 1 amide bonds. The molecule has 2 fully saturated rings. The Hall–Kier alpha value is -1.48. The Morgan fingerprint density at radius 1 is 1.23 bits per heavy atom. The minimum Gasteiger partial charge on any atom is -0.373 e. The van der Waals surface area contributed by atoms with Gasteiger partial charge in [0.1, 0.15) is 6.73 Å². The second kappa shape index (κ2) is 12.7. The number of carbonyl (C=O) groups excluding carboxylic acids is 1. The van der Waals surface area contributed by atoms with Crippen molar-refractivity contribution in [2.45, 2.75) is 103 Å². The maximum atomic E-state index is 13.7. The third kappa shape index (κ3) is 8.00. The van der Waals surface area contributed by atoms with Crippen molar-refractivity contribution in [2.75, 3.05) is 26.2 Å². The van der Waals surface area contributed by atoms with E-state index < -0.39 is 13.7 Å². The van der Waals surface area contributed by atoms with Crippen LogP contribution in [0.3, 0.4) is 0 Å². The van der Waals surface area contributed by atoms with Gasteiger partial charge in [0.15, 0.2) is 5.82 Å². The van der Waals surface area contributed by atoms with Crippen LogP contribution in [0.5, 0.6) is 0 Å². The highest BCUT2D eigenvalue weighted by molar-refractivity contribution is 6.76. The molecule has 2 heterocycles. The Balaban J connectivity index is 1.63. The standard InChI is InChI=1S/C27H48N4O3Si/c1-22(2)9-8-15-30-16-12-24(13-17-30)29-26(32)27(33,23-10-6-7-11-23)25-28-14-18-31(25)21-34-19-20-35(3,4)5/h9,14,18,23-24,33H,6-8,10-13,15-17,19-21H2,1-5H3,(H,29,32). The first-order valence-corrected chi connectivity index (χ1v) is 17.3. The van der Waals surface area contributed by atoms with Gasteiger partial charge in [-0.1, -0.05) is 44.1 Å². The van der Waals surface area contributed by atoms with Crippen molar-refractivity contribution in [3.63, 3.8) is 0 Å². The van der Waals surface area contributed by atoms with E-state index in [1.807, 2.05) is 10.8 Å². The van der Waals surface area contributed by atoms with Crippen molar-refractivity contribution in [3.05, 3.63) is 29.9 Å². The van der Waals surface area contributed by atoms with Crippen molar-refractivity contribution >= 4 is 14.0 Å². The molecule has 1 unspecified atom stereocenters. The van der Waals surface area contributed by atoms with Crippen LogP contribution in [0.2, 0.25) is 25.7 Å². The number of imidazole rings is 1. The third-order valence-corrected chi connectivity index (χ3v) is 9.20. The zero-order valence-corrected chi connectivity index (χ0v) is 23.7. The Kier molecular flexibility index (Phi) is 10.2. The number of ether oxygens (including phenoxy) is 1. The molecule has 0 radical (unpaired) electrons. The van der Waals surface area contributed by atoms with Crippen molar-refractivity contribution < 1.29 is 14.6 Å². The molecule has 1 saturated carbocycles. The summed E-state index contributed by atoms with van der Waals surface area (Å²) in [5.41, 5.74) is -0.263. The third-order valence-electron chi connectivity index (χ3n) is 7.50. The largest absolute Gasteiger partial charge is 0.373 e. The molecule has 198 valence electrons. The fraction of sp³-hybridized carbons (Fsp3) is 0.778. The Morgan fingerprint density at radius 3 is 2.54 bits per heavy atom. The minimum absolute atomic E-state index is 0.0894. The summed E-state index contributed by atoms with van der Waals surface area (Å²) >= 11 is 0. The number of carbonyl (C=O) groups is 1. The molecule has 2 aliphatic rings. The molecule has 0 aromatic carbocycles. The molecule has 8 heteroatoms. The molecule has 1 aliphatic carbocycles. The molecular formula is C27H48N4O3Si. The summed E-state index contributed by atoms with van der Waals surface area (Å²) in [6, 6.07) is 1.17. The highest BCUT2D eigenvalue weighted by Crippen LogP contribution is 2.40. The normalized spacial score (nSPS) is 20.1. The Labute approximate surface area is 213 Å². The number of hydrogen-bond donors (Lipinski definition) is 2. The van der Waals surface area contributed by atoms with Gasteiger partial charge in [-0.25, -0.2) is 4.98 Å². The number of rotatable bonds is 12. The zero-order valence-electron chi connectivity index (χ0n) is 22.7. The van der Waals surface area contributed by atoms with Gasteiger partial charge in [0.2, 0.25) is 5.60 Å². The molecule has 7 nitrogen and oxygen atoms in total. The lowest BCUT2D eigenvalue weighted by Gasteiger charge is -2.36. The monoisotopic (exact) mass is 504 g/mol.